The van der Waals surface area contributed by atoms with Crippen LogP contribution < -0.4 is 4.74 Å². The fraction of sp³-hybridized carbons (Fsp3) is 0.400. The lowest BCUT2D eigenvalue weighted by atomic mass is 9.98. The Labute approximate surface area is 189 Å². The Kier molecular flexibility index (Phi) is 8.00. The van der Waals surface area contributed by atoms with Crippen LogP contribution >= 0.6 is 0 Å². The Morgan fingerprint density at radius 3 is 2.50 bits per heavy atom. The van der Waals surface area contributed by atoms with E-state index in [-0.39, 0.29) is 11.3 Å². The zero-order chi connectivity index (χ0) is 23.1. The number of Topliss-reactive ketones (excluding diaryl/α,β-unsaturated/α-hetero) is 1. The van der Waals surface area contributed by atoms with Crippen molar-refractivity contribution >= 4 is 17.4 Å². The van der Waals surface area contributed by atoms with E-state index in [1.165, 1.54) is 4.90 Å². The summed E-state index contributed by atoms with van der Waals surface area (Å²) in [6.45, 7) is 3.70. The molecule has 170 valence electrons. The van der Waals surface area contributed by atoms with Gasteiger partial charge in [0.05, 0.1) is 17.9 Å². The molecule has 2 aromatic rings. The number of pyridine rings is 1. The number of rotatable bonds is 10. The van der Waals surface area contributed by atoms with Crippen LogP contribution in [0.25, 0.3) is 5.76 Å². The number of hydrogen-bond donors (Lipinski definition) is 1. The summed E-state index contributed by atoms with van der Waals surface area (Å²) in [5.74, 6) is -0.828. The van der Waals surface area contributed by atoms with Gasteiger partial charge in [-0.1, -0.05) is 25.8 Å². The summed E-state index contributed by atoms with van der Waals surface area (Å²) in [6, 6.07) is 11.5. The number of aliphatic hydroxyl groups is 1. The van der Waals surface area contributed by atoms with Gasteiger partial charge in [0, 0.05) is 24.8 Å². The number of likely N-dealkylation sites (tertiary alicyclic amines) is 1. The Balaban J connectivity index is 1.93. The zero-order valence-electron chi connectivity index (χ0n) is 19.0. The third kappa shape index (κ3) is 5.34. The van der Waals surface area contributed by atoms with E-state index in [1.807, 2.05) is 19.0 Å². The van der Waals surface area contributed by atoms with Gasteiger partial charge in [-0.3, -0.25) is 14.6 Å². The summed E-state index contributed by atoms with van der Waals surface area (Å²) >= 11 is 0. The van der Waals surface area contributed by atoms with Crippen molar-refractivity contribution < 1.29 is 19.4 Å². The molecule has 1 aromatic carbocycles. The molecule has 1 saturated heterocycles. The van der Waals surface area contributed by atoms with Crippen LogP contribution in [0, 0.1) is 0 Å². The van der Waals surface area contributed by atoms with E-state index >= 15 is 0 Å². The number of ketones is 1. The minimum Gasteiger partial charge on any atom is -0.507 e. The molecule has 0 spiro atoms. The molecule has 0 bridgehead atoms. The lowest BCUT2D eigenvalue weighted by molar-refractivity contribution is -0.140. The van der Waals surface area contributed by atoms with Crippen LogP contribution in [0.5, 0.6) is 5.75 Å². The average molecular weight is 438 g/mol. The molecule has 7 heteroatoms. The second-order valence-electron chi connectivity index (χ2n) is 8.13. The Bertz CT molecular complexity index is 955. The van der Waals surface area contributed by atoms with Crippen LogP contribution in [0.1, 0.15) is 43.5 Å². The maximum absolute atomic E-state index is 13.0. The van der Waals surface area contributed by atoms with Crippen LogP contribution in [0.4, 0.5) is 0 Å². The maximum atomic E-state index is 13.0. The van der Waals surface area contributed by atoms with E-state index in [0.29, 0.717) is 36.7 Å². The number of nitrogens with zero attached hydrogens (tertiary/aromatic N) is 3. The summed E-state index contributed by atoms with van der Waals surface area (Å²) in [5, 5.41) is 11.1. The van der Waals surface area contributed by atoms with Gasteiger partial charge in [-0.2, -0.15) is 0 Å². The monoisotopic (exact) mass is 437 g/mol. The first-order valence-corrected chi connectivity index (χ1v) is 11.0. The summed E-state index contributed by atoms with van der Waals surface area (Å²) in [6.07, 6.45) is 4.84. The van der Waals surface area contributed by atoms with E-state index < -0.39 is 17.7 Å². The number of ether oxygens (including phenoxy) is 1. The lowest BCUT2D eigenvalue weighted by Gasteiger charge is -2.25. The Morgan fingerprint density at radius 2 is 1.88 bits per heavy atom. The Morgan fingerprint density at radius 1 is 1.12 bits per heavy atom. The number of benzene rings is 1. The molecular weight excluding hydrogens is 406 g/mol. The van der Waals surface area contributed by atoms with Crippen molar-refractivity contribution in [1.29, 1.82) is 0 Å². The number of aromatic nitrogens is 1. The highest BCUT2D eigenvalue weighted by Crippen LogP contribution is 2.38. The van der Waals surface area contributed by atoms with Crippen LogP contribution in [0.3, 0.4) is 0 Å². The highest BCUT2D eigenvalue weighted by atomic mass is 16.5. The zero-order valence-corrected chi connectivity index (χ0v) is 19.0. The van der Waals surface area contributed by atoms with Gasteiger partial charge in [0.1, 0.15) is 17.6 Å². The van der Waals surface area contributed by atoms with Crippen molar-refractivity contribution in [1.82, 2.24) is 14.8 Å². The number of likely N-dealkylation sites (N-methyl/N-ethyl adjacent to an activating group) is 1. The third-order valence-electron chi connectivity index (χ3n) is 5.44. The number of unbranched alkanes of at least 4 members (excludes halogenated alkanes) is 2. The van der Waals surface area contributed by atoms with E-state index in [9.17, 15) is 14.7 Å². The smallest absolute Gasteiger partial charge is 0.295 e. The van der Waals surface area contributed by atoms with Crippen molar-refractivity contribution in [3.05, 3.63) is 65.5 Å². The largest absolute Gasteiger partial charge is 0.507 e. The standard InChI is InChI=1S/C25H31N3O4/c1-4-5-8-17-32-19-12-10-18(11-13-19)23(29)21-22(20-9-6-7-14-26-20)28(16-15-27(2)3)25(31)24(21)30/h6-7,9-14,22,29H,4-5,8,15-17H2,1-3H3/b23-21-. The molecule has 32 heavy (non-hydrogen) atoms. The highest BCUT2D eigenvalue weighted by Gasteiger charge is 2.46. The van der Waals surface area contributed by atoms with E-state index in [1.54, 1.807) is 48.7 Å². The number of aliphatic hydroxyl groups excluding tert-OH is 1. The summed E-state index contributed by atoms with van der Waals surface area (Å²) in [5.41, 5.74) is 1.06. The first-order chi connectivity index (χ1) is 15.4. The molecule has 1 fully saturated rings. The van der Waals surface area contributed by atoms with Gasteiger partial charge in [0.15, 0.2) is 0 Å². The quantitative estimate of drug-likeness (QED) is 0.265. The van der Waals surface area contributed by atoms with Crippen LogP contribution in [0.15, 0.2) is 54.2 Å². The molecule has 0 radical (unpaired) electrons. The molecule has 1 atom stereocenters. The summed E-state index contributed by atoms with van der Waals surface area (Å²) < 4.78 is 5.73. The highest BCUT2D eigenvalue weighted by molar-refractivity contribution is 6.46. The van der Waals surface area contributed by atoms with Crippen LogP contribution in [-0.2, 0) is 9.59 Å². The SMILES string of the molecule is CCCCCOc1ccc(/C(O)=C2/C(=O)C(=O)N(CCN(C)C)C2c2ccccn2)cc1. The number of amides is 1. The van der Waals surface area contributed by atoms with E-state index in [2.05, 4.69) is 11.9 Å². The fourth-order valence-corrected chi connectivity index (χ4v) is 3.67. The van der Waals surface area contributed by atoms with Gasteiger partial charge in [-0.15, -0.1) is 0 Å². The first-order valence-electron chi connectivity index (χ1n) is 11.0. The molecule has 3 rings (SSSR count). The molecule has 2 heterocycles. The fourth-order valence-electron chi connectivity index (χ4n) is 3.67. The van der Waals surface area contributed by atoms with Crippen LogP contribution in [-0.4, -0.2) is 65.4 Å². The number of hydrogen-bond acceptors (Lipinski definition) is 6. The first kappa shape index (κ1) is 23.5. The van der Waals surface area contributed by atoms with Crippen molar-refractivity contribution in [3.8, 4) is 5.75 Å². The molecule has 1 aliphatic rings. The molecular formula is C25H31N3O4. The van der Waals surface area contributed by atoms with Gasteiger partial charge < -0.3 is 19.6 Å². The summed E-state index contributed by atoms with van der Waals surface area (Å²) in [4.78, 5) is 33.6. The second kappa shape index (κ2) is 10.9. The van der Waals surface area contributed by atoms with E-state index in [4.69, 9.17) is 4.74 Å². The predicted molar refractivity (Wildman–Crippen MR) is 123 cm³/mol. The third-order valence-corrected chi connectivity index (χ3v) is 5.44. The lowest BCUT2D eigenvalue weighted by Crippen LogP contribution is -2.35. The molecule has 1 aromatic heterocycles. The molecule has 1 unspecified atom stereocenters. The van der Waals surface area contributed by atoms with Crippen molar-refractivity contribution in [2.24, 2.45) is 0 Å². The molecule has 0 saturated carbocycles. The summed E-state index contributed by atoms with van der Waals surface area (Å²) in [7, 11) is 3.80. The van der Waals surface area contributed by atoms with Gasteiger partial charge in [-0.05, 0) is 56.9 Å². The molecule has 1 aliphatic heterocycles. The molecule has 7 nitrogen and oxygen atoms in total. The van der Waals surface area contributed by atoms with Crippen molar-refractivity contribution in [3.63, 3.8) is 0 Å². The van der Waals surface area contributed by atoms with Crippen molar-refractivity contribution in [2.75, 3.05) is 33.8 Å². The van der Waals surface area contributed by atoms with Crippen molar-refractivity contribution in [2.45, 2.75) is 32.2 Å². The molecule has 0 aliphatic carbocycles. The van der Waals surface area contributed by atoms with Gasteiger partial charge in [-0.25, -0.2) is 0 Å². The minimum atomic E-state index is -0.735. The maximum Gasteiger partial charge on any atom is 0.295 e. The molecule has 1 N–H and O–H groups in total. The molecule has 1 amide bonds. The topological polar surface area (TPSA) is 83.0 Å². The van der Waals surface area contributed by atoms with Gasteiger partial charge in [0.2, 0.25) is 0 Å². The van der Waals surface area contributed by atoms with Gasteiger partial charge >= 0.3 is 0 Å². The number of carbonyl (C=O) groups is 2. The predicted octanol–water partition coefficient (Wildman–Crippen LogP) is 3.63. The number of carbonyl (C=O) groups excluding carboxylic acids is 2. The second-order valence-corrected chi connectivity index (χ2v) is 8.13. The van der Waals surface area contributed by atoms with Gasteiger partial charge in [0.25, 0.3) is 11.7 Å². The van der Waals surface area contributed by atoms with Crippen LogP contribution in [0.2, 0.25) is 0 Å². The normalized spacial score (nSPS) is 17.9. The average Bonchev–Trinajstić information content (AvgIpc) is 3.06. The minimum absolute atomic E-state index is 0.0593. The van der Waals surface area contributed by atoms with E-state index in [0.717, 1.165) is 19.3 Å². The Hall–Kier alpha value is -3.19.